The molecule has 3 aliphatic heterocycles. The van der Waals surface area contributed by atoms with Gasteiger partial charge in [0.15, 0.2) is 11.6 Å². The maximum atomic E-state index is 14.9. The minimum atomic E-state index is -1.50. The third-order valence-electron chi connectivity index (χ3n) is 8.97. The molecule has 0 saturated carbocycles. The molecule has 9 heteroatoms. The van der Waals surface area contributed by atoms with Crippen LogP contribution in [0.25, 0.3) is 6.08 Å². The Balaban J connectivity index is 1.48. The lowest BCUT2D eigenvalue weighted by Gasteiger charge is -2.38. The topological polar surface area (TPSA) is 119 Å². The Morgan fingerprint density at radius 3 is 2.40 bits per heavy atom. The number of benzene rings is 4. The van der Waals surface area contributed by atoms with Crippen molar-refractivity contribution in [2.45, 2.75) is 37.5 Å². The summed E-state index contributed by atoms with van der Waals surface area (Å²) in [5.74, 6) is -1.85. The van der Waals surface area contributed by atoms with Gasteiger partial charge in [0.2, 0.25) is 5.91 Å². The molecule has 1 amide bonds. The number of non-ortho nitro benzene ring substituents is 1. The molecule has 224 valence electrons. The Bertz CT molecular complexity index is 1920. The van der Waals surface area contributed by atoms with E-state index in [1.165, 1.54) is 24.3 Å². The van der Waals surface area contributed by atoms with Crippen LogP contribution in [0, 0.1) is 16.0 Å². The van der Waals surface area contributed by atoms with Gasteiger partial charge in [-0.1, -0.05) is 54.6 Å². The van der Waals surface area contributed by atoms with Gasteiger partial charge in [0.05, 0.1) is 23.0 Å². The molecule has 0 bridgehead atoms. The third kappa shape index (κ3) is 4.26. The number of carbonyl (C=O) groups is 3. The van der Waals surface area contributed by atoms with Crippen molar-refractivity contribution in [3.8, 4) is 5.75 Å². The maximum Gasteiger partial charge on any atom is 0.270 e. The zero-order valence-electron chi connectivity index (χ0n) is 24.5. The van der Waals surface area contributed by atoms with Crippen LogP contribution in [0.3, 0.4) is 0 Å². The number of carbonyl (C=O) groups excluding carboxylic acids is 3. The molecule has 1 spiro atoms. The number of nitro benzene ring substituents is 1. The van der Waals surface area contributed by atoms with Gasteiger partial charge in [0, 0.05) is 35.1 Å². The molecule has 3 heterocycles. The van der Waals surface area contributed by atoms with Gasteiger partial charge in [-0.15, -0.1) is 0 Å². The predicted molar refractivity (Wildman–Crippen MR) is 168 cm³/mol. The highest BCUT2D eigenvalue weighted by atomic mass is 16.6. The van der Waals surface area contributed by atoms with Crippen LogP contribution in [0.15, 0.2) is 103 Å². The SMILES string of the molecule is CC(C)Oc1ccc(C(=O)[C@H]2[C@@H](C(=O)c3cccc([N+](=O)[O-])c3)N3C=Cc4ccccc4[C@@H]3[C@]23C(=O)Nc2ccccc23)cc1. The van der Waals surface area contributed by atoms with Crippen molar-refractivity contribution in [1.29, 1.82) is 0 Å². The largest absolute Gasteiger partial charge is 0.491 e. The van der Waals surface area contributed by atoms with E-state index in [4.69, 9.17) is 4.74 Å². The van der Waals surface area contributed by atoms with Gasteiger partial charge in [-0.2, -0.15) is 0 Å². The number of nitrogens with zero attached hydrogens (tertiary/aromatic N) is 2. The van der Waals surface area contributed by atoms with Crippen molar-refractivity contribution in [2.24, 2.45) is 5.92 Å². The second-order valence-electron chi connectivity index (χ2n) is 11.8. The highest BCUT2D eigenvalue weighted by molar-refractivity contribution is 6.16. The number of rotatable bonds is 7. The average molecular weight is 600 g/mol. The highest BCUT2D eigenvalue weighted by Gasteiger charge is 2.70. The quantitative estimate of drug-likeness (QED) is 0.149. The minimum absolute atomic E-state index is 0.0666. The summed E-state index contributed by atoms with van der Waals surface area (Å²) in [6, 6.07) is 25.3. The van der Waals surface area contributed by atoms with Crippen LogP contribution in [0.5, 0.6) is 5.75 Å². The van der Waals surface area contributed by atoms with Crippen LogP contribution in [0.2, 0.25) is 0 Å². The van der Waals surface area contributed by atoms with Crippen molar-refractivity contribution < 1.29 is 24.0 Å². The highest BCUT2D eigenvalue weighted by Crippen LogP contribution is 2.62. The van der Waals surface area contributed by atoms with E-state index in [1.807, 2.05) is 67.3 Å². The second-order valence-corrected chi connectivity index (χ2v) is 11.8. The predicted octanol–water partition coefficient (Wildman–Crippen LogP) is 6.36. The van der Waals surface area contributed by atoms with Crippen molar-refractivity contribution in [2.75, 3.05) is 5.32 Å². The first-order valence-electron chi connectivity index (χ1n) is 14.8. The molecule has 4 aromatic rings. The van der Waals surface area contributed by atoms with E-state index in [2.05, 4.69) is 5.32 Å². The Hall–Kier alpha value is -5.57. The molecule has 45 heavy (non-hydrogen) atoms. The number of amides is 1. The van der Waals surface area contributed by atoms with E-state index >= 15 is 0 Å². The molecule has 7 rings (SSSR count). The molecule has 3 aliphatic rings. The lowest BCUT2D eigenvalue weighted by Crippen LogP contribution is -2.49. The number of para-hydroxylation sites is 1. The van der Waals surface area contributed by atoms with E-state index in [0.717, 1.165) is 11.1 Å². The van der Waals surface area contributed by atoms with E-state index in [0.29, 0.717) is 22.6 Å². The number of hydrogen-bond donors (Lipinski definition) is 1. The van der Waals surface area contributed by atoms with Gasteiger partial charge in [-0.05, 0) is 66.9 Å². The van der Waals surface area contributed by atoms with E-state index in [-0.39, 0.29) is 29.0 Å². The maximum absolute atomic E-state index is 14.9. The summed E-state index contributed by atoms with van der Waals surface area (Å²) < 4.78 is 5.79. The second kappa shape index (κ2) is 10.6. The number of nitro groups is 1. The van der Waals surface area contributed by atoms with E-state index < -0.39 is 34.1 Å². The van der Waals surface area contributed by atoms with Crippen LogP contribution in [-0.2, 0) is 10.2 Å². The molecule has 1 fully saturated rings. The van der Waals surface area contributed by atoms with E-state index in [1.54, 1.807) is 36.5 Å². The van der Waals surface area contributed by atoms with Crippen LogP contribution in [-0.4, -0.2) is 39.4 Å². The lowest BCUT2D eigenvalue weighted by molar-refractivity contribution is -0.384. The summed E-state index contributed by atoms with van der Waals surface area (Å²) >= 11 is 0. The van der Waals surface area contributed by atoms with Crippen molar-refractivity contribution in [3.63, 3.8) is 0 Å². The molecule has 0 aromatic heterocycles. The first-order chi connectivity index (χ1) is 21.7. The van der Waals surface area contributed by atoms with Gasteiger partial charge in [-0.25, -0.2) is 0 Å². The molecule has 9 nitrogen and oxygen atoms in total. The lowest BCUT2D eigenvalue weighted by atomic mass is 9.62. The number of hydrogen-bond acceptors (Lipinski definition) is 7. The molecule has 4 atom stereocenters. The smallest absolute Gasteiger partial charge is 0.270 e. The zero-order valence-corrected chi connectivity index (χ0v) is 24.5. The summed E-state index contributed by atoms with van der Waals surface area (Å²) in [4.78, 5) is 57.1. The number of Topliss-reactive ketones (excluding diaryl/α,β-unsaturated/α-hetero) is 2. The van der Waals surface area contributed by atoms with Crippen molar-refractivity contribution in [1.82, 2.24) is 4.90 Å². The molecule has 0 aliphatic carbocycles. The van der Waals surface area contributed by atoms with Crippen molar-refractivity contribution >= 4 is 34.9 Å². The number of anilines is 1. The van der Waals surface area contributed by atoms with E-state index in [9.17, 15) is 24.5 Å². The average Bonchev–Trinajstić information content (AvgIpc) is 3.52. The number of ketones is 2. The van der Waals surface area contributed by atoms with Gasteiger partial charge in [-0.3, -0.25) is 24.5 Å². The fourth-order valence-electron chi connectivity index (χ4n) is 7.26. The van der Waals surface area contributed by atoms with Crippen molar-refractivity contribution in [3.05, 3.63) is 141 Å². The molecular weight excluding hydrogens is 570 g/mol. The van der Waals surface area contributed by atoms with Crippen LogP contribution in [0.4, 0.5) is 11.4 Å². The Morgan fingerprint density at radius 1 is 0.911 bits per heavy atom. The fourth-order valence-corrected chi connectivity index (χ4v) is 7.26. The standard InChI is InChI=1S/C36H29N3O6/c1-21(2)45-26-16-14-23(15-17-26)32(40)30-31(33(41)24-9-7-10-25(20-24)39(43)44)38-19-18-22-8-3-4-11-27(22)34(38)36(30)28-12-5-6-13-29(28)37-35(36)42/h3-21,30-31,34H,1-2H3,(H,37,42)/t30-,31+,34-,36-/m1/s1. The summed E-state index contributed by atoms with van der Waals surface area (Å²) in [7, 11) is 0. The number of fused-ring (bicyclic) bond motifs is 6. The number of ether oxygens (including phenoxy) is 1. The molecular formula is C36H29N3O6. The molecule has 4 aromatic carbocycles. The van der Waals surface area contributed by atoms with Gasteiger partial charge >= 0.3 is 0 Å². The third-order valence-corrected chi connectivity index (χ3v) is 8.97. The molecule has 0 unspecified atom stereocenters. The Morgan fingerprint density at radius 2 is 1.64 bits per heavy atom. The van der Waals surface area contributed by atoms with Gasteiger partial charge in [0.1, 0.15) is 17.2 Å². The molecule has 1 saturated heterocycles. The van der Waals surface area contributed by atoms with Crippen LogP contribution in [0.1, 0.15) is 57.3 Å². The van der Waals surface area contributed by atoms with Gasteiger partial charge < -0.3 is 15.0 Å². The summed E-state index contributed by atoms with van der Waals surface area (Å²) in [5.41, 5.74) is 1.56. The normalized spacial score (nSPS) is 22.5. The number of nitrogens with one attached hydrogen (secondary N) is 1. The first kappa shape index (κ1) is 28.2. The van der Waals surface area contributed by atoms with Gasteiger partial charge in [0.25, 0.3) is 5.69 Å². The minimum Gasteiger partial charge on any atom is -0.491 e. The van der Waals surface area contributed by atoms with Crippen LogP contribution >= 0.6 is 0 Å². The zero-order chi connectivity index (χ0) is 31.5. The summed E-state index contributed by atoms with van der Waals surface area (Å²) in [5, 5.41) is 14.7. The summed E-state index contributed by atoms with van der Waals surface area (Å²) in [6.07, 6.45) is 3.58. The molecule has 1 N–H and O–H groups in total. The Kier molecular flexibility index (Phi) is 6.62. The van der Waals surface area contributed by atoms with Crippen LogP contribution < -0.4 is 10.1 Å². The fraction of sp³-hybridized carbons (Fsp3) is 0.194. The monoisotopic (exact) mass is 599 g/mol. The first-order valence-corrected chi connectivity index (χ1v) is 14.8. The molecule has 0 radical (unpaired) electrons. The summed E-state index contributed by atoms with van der Waals surface area (Å²) in [6.45, 7) is 3.81. The Labute approximate surface area is 259 Å².